The molecule has 0 aromatic carbocycles. The molecule has 2 aromatic heterocycles. The lowest BCUT2D eigenvalue weighted by Crippen LogP contribution is -2.34. The zero-order chi connectivity index (χ0) is 12.4. The van der Waals surface area contributed by atoms with E-state index < -0.39 is 0 Å². The Morgan fingerprint density at radius 2 is 2.28 bits per heavy atom. The van der Waals surface area contributed by atoms with E-state index in [2.05, 4.69) is 15.3 Å². The maximum atomic E-state index is 9.23. The Morgan fingerprint density at radius 1 is 1.39 bits per heavy atom. The molecule has 1 fully saturated rings. The molecule has 0 bridgehead atoms. The fourth-order valence-electron chi connectivity index (χ4n) is 1.81. The summed E-state index contributed by atoms with van der Waals surface area (Å²) in [4.78, 5) is 8.84. The van der Waals surface area contributed by atoms with Crippen LogP contribution in [0.1, 0.15) is 18.5 Å². The van der Waals surface area contributed by atoms with Crippen molar-refractivity contribution in [1.82, 2.24) is 15.3 Å². The van der Waals surface area contributed by atoms with E-state index in [1.165, 1.54) is 0 Å². The molecule has 0 saturated heterocycles. The smallest absolute Gasteiger partial charge is 0.142 e. The second kappa shape index (κ2) is 4.76. The Kier molecular flexibility index (Phi) is 3.11. The number of aliphatic hydroxyl groups excluding tert-OH is 1. The van der Waals surface area contributed by atoms with Gasteiger partial charge >= 0.3 is 0 Å². The van der Waals surface area contributed by atoms with Crippen LogP contribution in [-0.4, -0.2) is 27.2 Å². The van der Waals surface area contributed by atoms with Crippen LogP contribution in [0.5, 0.6) is 0 Å². The maximum absolute atomic E-state index is 9.23. The number of aromatic nitrogens is 2. The van der Waals surface area contributed by atoms with Crippen molar-refractivity contribution in [3.05, 3.63) is 35.5 Å². The largest absolute Gasteiger partial charge is 0.394 e. The van der Waals surface area contributed by atoms with Gasteiger partial charge in [0.2, 0.25) is 0 Å². The van der Waals surface area contributed by atoms with Crippen molar-refractivity contribution in [1.29, 1.82) is 0 Å². The first-order valence-corrected chi connectivity index (χ1v) is 6.91. The third kappa shape index (κ3) is 2.43. The Balaban J connectivity index is 1.67. The summed E-state index contributed by atoms with van der Waals surface area (Å²) in [5, 5.41) is 15.6. The topological polar surface area (TPSA) is 58.0 Å². The highest BCUT2D eigenvalue weighted by Gasteiger charge is 2.41. The normalized spacial score (nSPS) is 16.7. The first kappa shape index (κ1) is 11.8. The molecular formula is C13H15N3OS. The highest BCUT2D eigenvalue weighted by Crippen LogP contribution is 2.35. The number of pyridine rings is 1. The van der Waals surface area contributed by atoms with Crippen LogP contribution < -0.4 is 5.32 Å². The zero-order valence-electron chi connectivity index (χ0n) is 9.97. The minimum atomic E-state index is -0.0330. The number of hydrogen-bond donors (Lipinski definition) is 2. The molecule has 0 amide bonds. The molecule has 4 nitrogen and oxygen atoms in total. The van der Waals surface area contributed by atoms with Gasteiger partial charge in [-0.05, 0) is 25.0 Å². The van der Waals surface area contributed by atoms with Crippen LogP contribution in [0.15, 0.2) is 29.8 Å². The Labute approximate surface area is 110 Å². The molecule has 0 radical (unpaired) electrons. The second-order valence-corrected chi connectivity index (χ2v) is 5.51. The van der Waals surface area contributed by atoms with Gasteiger partial charge in [0.25, 0.3) is 0 Å². The summed E-state index contributed by atoms with van der Waals surface area (Å²) in [7, 11) is 0. The van der Waals surface area contributed by atoms with Crippen molar-refractivity contribution in [3.8, 4) is 10.7 Å². The molecule has 0 atom stereocenters. The molecule has 2 heterocycles. The minimum absolute atomic E-state index is 0.0330. The lowest BCUT2D eigenvalue weighted by Gasteiger charge is -2.12. The van der Waals surface area contributed by atoms with E-state index >= 15 is 0 Å². The van der Waals surface area contributed by atoms with E-state index in [1.807, 2.05) is 23.6 Å². The van der Waals surface area contributed by atoms with E-state index in [0.717, 1.165) is 29.2 Å². The van der Waals surface area contributed by atoms with Gasteiger partial charge in [0, 0.05) is 23.7 Å². The number of thiazole rings is 1. The maximum Gasteiger partial charge on any atom is 0.142 e. The summed E-state index contributed by atoms with van der Waals surface area (Å²) in [6.45, 7) is 0.925. The molecule has 2 aromatic rings. The van der Waals surface area contributed by atoms with Crippen LogP contribution in [0, 0.1) is 0 Å². The van der Waals surface area contributed by atoms with Gasteiger partial charge in [-0.25, -0.2) is 4.98 Å². The highest BCUT2D eigenvalue weighted by molar-refractivity contribution is 7.13. The minimum Gasteiger partial charge on any atom is -0.394 e. The summed E-state index contributed by atoms with van der Waals surface area (Å²) < 4.78 is 0. The first-order chi connectivity index (χ1) is 8.81. The van der Waals surface area contributed by atoms with Gasteiger partial charge in [0.1, 0.15) is 5.01 Å². The molecule has 94 valence electrons. The van der Waals surface area contributed by atoms with Gasteiger partial charge in [-0.3, -0.25) is 4.98 Å². The first-order valence-electron chi connectivity index (χ1n) is 6.03. The fourth-order valence-corrected chi connectivity index (χ4v) is 2.61. The Bertz CT molecular complexity index is 522. The third-order valence-corrected chi connectivity index (χ3v) is 4.15. The Morgan fingerprint density at radius 3 is 2.94 bits per heavy atom. The predicted molar refractivity (Wildman–Crippen MR) is 71.2 cm³/mol. The van der Waals surface area contributed by atoms with E-state index in [4.69, 9.17) is 0 Å². The second-order valence-electron chi connectivity index (χ2n) is 4.65. The molecule has 1 aliphatic rings. The van der Waals surface area contributed by atoms with Crippen LogP contribution >= 0.6 is 11.3 Å². The molecule has 1 saturated carbocycles. The summed E-state index contributed by atoms with van der Waals surface area (Å²) in [6.07, 6.45) is 3.89. The van der Waals surface area contributed by atoms with Crippen LogP contribution in [0.4, 0.5) is 0 Å². The summed E-state index contributed by atoms with van der Waals surface area (Å²) >= 11 is 1.61. The number of nitrogens with one attached hydrogen (secondary N) is 1. The predicted octanol–water partition coefficient (Wildman–Crippen LogP) is 1.82. The van der Waals surface area contributed by atoms with Crippen LogP contribution in [0.2, 0.25) is 0 Å². The lowest BCUT2D eigenvalue weighted by atomic mass is 10.3. The molecular weight excluding hydrogens is 246 g/mol. The Hall–Kier alpha value is -1.30. The van der Waals surface area contributed by atoms with Crippen molar-refractivity contribution < 1.29 is 5.11 Å². The summed E-state index contributed by atoms with van der Waals surface area (Å²) in [5.41, 5.74) is 1.90. The van der Waals surface area contributed by atoms with Gasteiger partial charge in [-0.2, -0.15) is 0 Å². The third-order valence-electron chi connectivity index (χ3n) is 3.24. The number of hydrogen-bond acceptors (Lipinski definition) is 5. The van der Waals surface area contributed by atoms with E-state index in [1.54, 1.807) is 17.5 Å². The molecule has 0 unspecified atom stereocenters. The van der Waals surface area contributed by atoms with Crippen LogP contribution in [0.25, 0.3) is 10.7 Å². The quantitative estimate of drug-likeness (QED) is 0.862. The van der Waals surface area contributed by atoms with Gasteiger partial charge in [0.15, 0.2) is 0 Å². The molecule has 3 rings (SSSR count). The highest BCUT2D eigenvalue weighted by atomic mass is 32.1. The van der Waals surface area contributed by atoms with E-state index in [9.17, 15) is 5.11 Å². The average molecular weight is 261 g/mol. The molecule has 18 heavy (non-hydrogen) atoms. The van der Waals surface area contributed by atoms with Crippen molar-refractivity contribution in [3.63, 3.8) is 0 Å². The fraction of sp³-hybridized carbons (Fsp3) is 0.385. The molecule has 5 heteroatoms. The van der Waals surface area contributed by atoms with Gasteiger partial charge in [-0.15, -0.1) is 11.3 Å². The SMILES string of the molecule is OCC1(NCc2csc(-c3ccccn3)n2)CC1. The van der Waals surface area contributed by atoms with Crippen LogP contribution in [0.3, 0.4) is 0 Å². The molecule has 1 aliphatic carbocycles. The molecule has 0 spiro atoms. The number of nitrogens with zero attached hydrogens (tertiary/aromatic N) is 2. The van der Waals surface area contributed by atoms with Gasteiger partial charge in [0.05, 0.1) is 18.0 Å². The summed E-state index contributed by atoms with van der Waals surface area (Å²) in [5.74, 6) is 0. The monoisotopic (exact) mass is 261 g/mol. The van der Waals surface area contributed by atoms with Crippen molar-refractivity contribution in [2.75, 3.05) is 6.61 Å². The molecule has 2 N–H and O–H groups in total. The average Bonchev–Trinajstić information content (AvgIpc) is 3.07. The van der Waals surface area contributed by atoms with E-state index in [0.29, 0.717) is 6.54 Å². The zero-order valence-corrected chi connectivity index (χ0v) is 10.8. The standard InChI is InChI=1S/C13H15N3OS/c17-9-13(4-5-13)15-7-10-8-18-12(16-10)11-3-1-2-6-14-11/h1-3,6,8,15,17H,4-5,7,9H2. The van der Waals surface area contributed by atoms with Crippen LogP contribution in [-0.2, 0) is 6.54 Å². The number of rotatable bonds is 5. The van der Waals surface area contributed by atoms with Gasteiger partial charge in [-0.1, -0.05) is 6.07 Å². The summed E-state index contributed by atoms with van der Waals surface area (Å²) in [6, 6.07) is 5.83. The van der Waals surface area contributed by atoms with E-state index in [-0.39, 0.29) is 12.1 Å². The van der Waals surface area contributed by atoms with Gasteiger partial charge < -0.3 is 10.4 Å². The van der Waals surface area contributed by atoms with Crippen molar-refractivity contribution in [2.45, 2.75) is 24.9 Å². The van der Waals surface area contributed by atoms with Crippen molar-refractivity contribution in [2.24, 2.45) is 0 Å². The number of aliphatic hydroxyl groups is 1. The molecule has 0 aliphatic heterocycles. The lowest BCUT2D eigenvalue weighted by molar-refractivity contribution is 0.229. The van der Waals surface area contributed by atoms with Crippen molar-refractivity contribution >= 4 is 11.3 Å².